The molecule has 112 valence electrons. The van der Waals surface area contributed by atoms with Gasteiger partial charge in [-0.1, -0.05) is 25.5 Å². The van der Waals surface area contributed by atoms with Crippen molar-refractivity contribution in [1.29, 1.82) is 0 Å². The summed E-state index contributed by atoms with van der Waals surface area (Å²) in [6, 6.07) is 9.63. The molecule has 2 rings (SSSR count). The van der Waals surface area contributed by atoms with E-state index in [0.29, 0.717) is 18.7 Å². The third kappa shape index (κ3) is 4.63. The third-order valence-corrected chi connectivity index (χ3v) is 3.22. The van der Waals surface area contributed by atoms with Crippen molar-refractivity contribution in [3.05, 3.63) is 41.6 Å². The second kappa shape index (κ2) is 7.47. The molecule has 0 bridgehead atoms. The number of carbonyl (C=O) groups excluding carboxylic acids is 1. The fourth-order valence-corrected chi connectivity index (χ4v) is 2.08. The van der Waals surface area contributed by atoms with Crippen molar-refractivity contribution >= 4 is 11.7 Å². The molecule has 0 aliphatic heterocycles. The van der Waals surface area contributed by atoms with Crippen LogP contribution < -0.4 is 10.1 Å². The molecule has 2 N–H and O–H groups in total. The van der Waals surface area contributed by atoms with E-state index in [1.807, 2.05) is 30.3 Å². The van der Waals surface area contributed by atoms with Crippen LogP contribution >= 0.6 is 0 Å². The van der Waals surface area contributed by atoms with Crippen LogP contribution in [0.25, 0.3) is 0 Å². The van der Waals surface area contributed by atoms with Crippen molar-refractivity contribution < 1.29 is 9.53 Å². The molecule has 0 aliphatic carbocycles. The Kier molecular flexibility index (Phi) is 5.37. The lowest BCUT2D eigenvalue weighted by atomic mass is 10.1. The molecular weight excluding hydrogens is 266 g/mol. The molecule has 1 aromatic heterocycles. The number of methoxy groups -OCH3 is 1. The van der Waals surface area contributed by atoms with Crippen molar-refractivity contribution in [2.75, 3.05) is 12.4 Å². The highest BCUT2D eigenvalue weighted by Crippen LogP contribution is 2.13. The predicted molar refractivity (Wildman–Crippen MR) is 82.5 cm³/mol. The van der Waals surface area contributed by atoms with Crippen LogP contribution in [0.2, 0.25) is 0 Å². The van der Waals surface area contributed by atoms with E-state index in [-0.39, 0.29) is 5.91 Å². The number of amides is 1. The van der Waals surface area contributed by atoms with Crippen molar-refractivity contribution in [2.45, 2.75) is 32.6 Å². The Hall–Kier alpha value is -2.30. The van der Waals surface area contributed by atoms with E-state index in [0.717, 1.165) is 29.8 Å². The van der Waals surface area contributed by atoms with Crippen molar-refractivity contribution in [3.8, 4) is 5.75 Å². The summed E-state index contributed by atoms with van der Waals surface area (Å²) in [6.45, 7) is 2.11. The number of aryl methyl sites for hydroxylation is 2. The minimum absolute atomic E-state index is 0.0274. The van der Waals surface area contributed by atoms with Gasteiger partial charge in [-0.15, -0.1) is 0 Å². The lowest BCUT2D eigenvalue weighted by Gasteiger charge is -2.04. The molecule has 0 radical (unpaired) electrons. The Bertz CT molecular complexity index is 575. The van der Waals surface area contributed by atoms with Crippen molar-refractivity contribution in [3.63, 3.8) is 0 Å². The average molecular weight is 287 g/mol. The maximum Gasteiger partial charge on any atom is 0.225 e. The maximum atomic E-state index is 11.9. The average Bonchev–Trinajstić information content (AvgIpc) is 2.93. The number of anilines is 1. The quantitative estimate of drug-likeness (QED) is 0.822. The summed E-state index contributed by atoms with van der Waals surface area (Å²) in [7, 11) is 1.64. The smallest absolute Gasteiger partial charge is 0.225 e. The van der Waals surface area contributed by atoms with E-state index in [1.165, 1.54) is 0 Å². The van der Waals surface area contributed by atoms with Crippen LogP contribution in [0.5, 0.6) is 5.75 Å². The highest BCUT2D eigenvalue weighted by molar-refractivity contribution is 5.89. The number of rotatable bonds is 7. The van der Waals surface area contributed by atoms with E-state index in [4.69, 9.17) is 4.74 Å². The zero-order chi connectivity index (χ0) is 15.1. The molecule has 0 spiro atoms. The number of carbonyl (C=O) groups is 1. The summed E-state index contributed by atoms with van der Waals surface area (Å²) in [4.78, 5) is 11.9. The highest BCUT2D eigenvalue weighted by atomic mass is 16.5. The van der Waals surface area contributed by atoms with Crippen LogP contribution in [0.3, 0.4) is 0 Å². The first kappa shape index (κ1) is 15.1. The van der Waals surface area contributed by atoms with Gasteiger partial charge in [0.2, 0.25) is 5.91 Å². The van der Waals surface area contributed by atoms with Crippen LogP contribution in [-0.2, 0) is 17.6 Å². The summed E-state index contributed by atoms with van der Waals surface area (Å²) in [5, 5.41) is 9.81. The minimum atomic E-state index is -0.0274. The SMILES string of the molecule is CCCc1cc(NC(=O)CCc2ccc(OC)cc2)n[nH]1. The predicted octanol–water partition coefficient (Wildman–Crippen LogP) is 2.94. The molecule has 1 amide bonds. The molecule has 21 heavy (non-hydrogen) atoms. The van der Waals surface area contributed by atoms with E-state index in [2.05, 4.69) is 22.4 Å². The molecule has 5 nitrogen and oxygen atoms in total. The lowest BCUT2D eigenvalue weighted by molar-refractivity contribution is -0.116. The number of nitrogens with one attached hydrogen (secondary N) is 2. The van der Waals surface area contributed by atoms with Crippen molar-refractivity contribution in [2.24, 2.45) is 0 Å². The van der Waals surface area contributed by atoms with Gasteiger partial charge in [0.05, 0.1) is 7.11 Å². The summed E-state index contributed by atoms with van der Waals surface area (Å²) < 4.78 is 5.10. The van der Waals surface area contributed by atoms with E-state index in [1.54, 1.807) is 7.11 Å². The molecule has 1 aromatic carbocycles. The molecule has 0 saturated carbocycles. The minimum Gasteiger partial charge on any atom is -0.497 e. The lowest BCUT2D eigenvalue weighted by Crippen LogP contribution is -2.12. The fraction of sp³-hybridized carbons (Fsp3) is 0.375. The zero-order valence-electron chi connectivity index (χ0n) is 12.5. The fourth-order valence-electron chi connectivity index (χ4n) is 2.08. The largest absolute Gasteiger partial charge is 0.497 e. The van der Waals surface area contributed by atoms with Crippen LogP contribution in [0.15, 0.2) is 30.3 Å². The Morgan fingerprint density at radius 1 is 1.29 bits per heavy atom. The van der Waals surface area contributed by atoms with Gasteiger partial charge in [0, 0.05) is 18.2 Å². The molecule has 2 aromatic rings. The number of aromatic nitrogens is 2. The first-order chi connectivity index (χ1) is 10.2. The molecular formula is C16H21N3O2. The standard InChI is InChI=1S/C16H21N3O2/c1-3-4-13-11-15(19-18-13)17-16(20)10-7-12-5-8-14(21-2)9-6-12/h5-6,8-9,11H,3-4,7,10H2,1-2H3,(H2,17,18,19,20). The molecule has 1 heterocycles. The number of hydrogen-bond donors (Lipinski definition) is 2. The topological polar surface area (TPSA) is 67.0 Å². The van der Waals surface area contributed by atoms with Crippen molar-refractivity contribution in [1.82, 2.24) is 10.2 Å². The molecule has 0 unspecified atom stereocenters. The second-order valence-corrected chi connectivity index (χ2v) is 4.92. The third-order valence-electron chi connectivity index (χ3n) is 3.22. The van der Waals surface area contributed by atoms with Gasteiger partial charge < -0.3 is 10.1 Å². The number of hydrogen-bond acceptors (Lipinski definition) is 3. The molecule has 0 aliphatic rings. The number of benzene rings is 1. The summed E-state index contributed by atoms with van der Waals surface area (Å²) in [5.74, 6) is 1.39. The number of ether oxygens (including phenoxy) is 1. The summed E-state index contributed by atoms with van der Waals surface area (Å²) in [5.41, 5.74) is 2.16. The number of aromatic amines is 1. The van der Waals surface area contributed by atoms with Gasteiger partial charge in [0.1, 0.15) is 5.75 Å². The number of nitrogens with zero attached hydrogens (tertiary/aromatic N) is 1. The second-order valence-electron chi connectivity index (χ2n) is 4.92. The Labute approximate surface area is 124 Å². The van der Waals surface area contributed by atoms with Crippen LogP contribution in [0, 0.1) is 0 Å². The van der Waals surface area contributed by atoms with Crippen LogP contribution in [0.4, 0.5) is 5.82 Å². The highest BCUT2D eigenvalue weighted by Gasteiger charge is 2.06. The van der Waals surface area contributed by atoms with E-state index >= 15 is 0 Å². The van der Waals surface area contributed by atoms with E-state index < -0.39 is 0 Å². The molecule has 0 atom stereocenters. The van der Waals surface area contributed by atoms with E-state index in [9.17, 15) is 4.79 Å². The Morgan fingerprint density at radius 3 is 2.71 bits per heavy atom. The van der Waals surface area contributed by atoms with Gasteiger partial charge in [0.25, 0.3) is 0 Å². The number of H-pyrrole nitrogens is 1. The van der Waals surface area contributed by atoms with Crippen LogP contribution in [-0.4, -0.2) is 23.2 Å². The maximum absolute atomic E-state index is 11.9. The van der Waals surface area contributed by atoms with Gasteiger partial charge in [-0.05, 0) is 30.5 Å². The van der Waals surface area contributed by atoms with Gasteiger partial charge in [-0.25, -0.2) is 0 Å². The molecule has 0 fully saturated rings. The molecule has 5 heteroatoms. The Morgan fingerprint density at radius 2 is 2.05 bits per heavy atom. The first-order valence-corrected chi connectivity index (χ1v) is 7.18. The summed E-state index contributed by atoms with van der Waals surface area (Å²) >= 11 is 0. The molecule has 0 saturated heterocycles. The zero-order valence-corrected chi connectivity index (χ0v) is 12.5. The van der Waals surface area contributed by atoms with Gasteiger partial charge in [-0.2, -0.15) is 5.10 Å². The van der Waals surface area contributed by atoms with Gasteiger partial charge >= 0.3 is 0 Å². The van der Waals surface area contributed by atoms with Crippen LogP contribution in [0.1, 0.15) is 31.0 Å². The first-order valence-electron chi connectivity index (χ1n) is 7.18. The summed E-state index contributed by atoms with van der Waals surface area (Å²) in [6.07, 6.45) is 3.12. The Balaban J connectivity index is 1.80. The van der Waals surface area contributed by atoms with Gasteiger partial charge in [-0.3, -0.25) is 9.89 Å². The normalized spacial score (nSPS) is 10.4. The monoisotopic (exact) mass is 287 g/mol. The van der Waals surface area contributed by atoms with Gasteiger partial charge in [0.15, 0.2) is 5.82 Å².